The number of aromatic nitrogens is 1. The number of amides is 1. The number of hydrogen-bond acceptors (Lipinski definition) is 3. The Labute approximate surface area is 161 Å². The van der Waals surface area contributed by atoms with Crippen molar-refractivity contribution in [3.05, 3.63) is 70.5 Å². The number of anilines is 1. The SMILES string of the molecule is O=C(NCc1ccc(F)c(F)c1)C1CC=CN1c1ncc(C(F)(F)F)cc1Cl. The number of nitrogens with one attached hydrogen (secondary N) is 1. The number of halogens is 6. The maximum absolute atomic E-state index is 13.2. The molecule has 4 nitrogen and oxygen atoms in total. The van der Waals surface area contributed by atoms with Crippen LogP contribution in [0.5, 0.6) is 0 Å². The molecule has 0 saturated heterocycles. The molecule has 1 aliphatic heterocycles. The molecule has 2 aromatic rings. The quantitative estimate of drug-likeness (QED) is 0.748. The fraction of sp³-hybridized carbons (Fsp3) is 0.222. The van der Waals surface area contributed by atoms with Crippen LogP contribution in [0.1, 0.15) is 17.5 Å². The fourth-order valence-electron chi connectivity index (χ4n) is 2.70. The molecule has 1 N–H and O–H groups in total. The number of benzene rings is 1. The van der Waals surface area contributed by atoms with E-state index >= 15 is 0 Å². The lowest BCUT2D eigenvalue weighted by Gasteiger charge is -2.25. The van der Waals surface area contributed by atoms with Gasteiger partial charge in [-0.3, -0.25) is 4.79 Å². The molecular formula is C18H13ClF5N3O. The number of carbonyl (C=O) groups is 1. The molecule has 1 amide bonds. The van der Waals surface area contributed by atoms with Crippen molar-refractivity contribution in [2.24, 2.45) is 0 Å². The van der Waals surface area contributed by atoms with Crippen LogP contribution >= 0.6 is 11.6 Å². The van der Waals surface area contributed by atoms with E-state index in [9.17, 15) is 26.7 Å². The van der Waals surface area contributed by atoms with E-state index in [1.165, 1.54) is 17.2 Å². The summed E-state index contributed by atoms with van der Waals surface area (Å²) in [4.78, 5) is 17.6. The second kappa shape index (κ2) is 7.75. The molecule has 0 bridgehead atoms. The Kier molecular flexibility index (Phi) is 5.55. The molecule has 0 fully saturated rings. The first-order chi connectivity index (χ1) is 13.2. The Hall–Kier alpha value is -2.68. The Morgan fingerprint density at radius 2 is 2.00 bits per heavy atom. The minimum Gasteiger partial charge on any atom is -0.350 e. The summed E-state index contributed by atoms with van der Waals surface area (Å²) in [6.07, 6.45) is -0.510. The van der Waals surface area contributed by atoms with Crippen molar-refractivity contribution in [1.82, 2.24) is 10.3 Å². The first-order valence-electron chi connectivity index (χ1n) is 8.06. The third-order valence-electron chi connectivity index (χ3n) is 4.11. The second-order valence-corrected chi connectivity index (χ2v) is 6.44. The highest BCUT2D eigenvalue weighted by atomic mass is 35.5. The number of carbonyl (C=O) groups excluding carboxylic acids is 1. The number of pyridine rings is 1. The van der Waals surface area contributed by atoms with Crippen LogP contribution in [0.15, 0.2) is 42.7 Å². The van der Waals surface area contributed by atoms with E-state index in [2.05, 4.69) is 10.3 Å². The maximum atomic E-state index is 13.2. The Morgan fingerprint density at radius 3 is 2.64 bits per heavy atom. The van der Waals surface area contributed by atoms with Gasteiger partial charge in [0.15, 0.2) is 17.5 Å². The van der Waals surface area contributed by atoms with Crippen molar-refractivity contribution >= 4 is 23.3 Å². The predicted molar refractivity (Wildman–Crippen MR) is 92.5 cm³/mol. The third-order valence-corrected chi connectivity index (χ3v) is 4.39. The van der Waals surface area contributed by atoms with Gasteiger partial charge in [0, 0.05) is 18.9 Å². The summed E-state index contributed by atoms with van der Waals surface area (Å²) in [6.45, 7) is -0.0471. The van der Waals surface area contributed by atoms with Gasteiger partial charge in [0.05, 0.1) is 10.6 Å². The zero-order valence-electron chi connectivity index (χ0n) is 14.1. The standard InChI is InChI=1S/C18H13ClF5N3O/c19-12-7-11(18(22,23)24)9-25-16(12)27-5-1-2-15(27)17(28)26-8-10-3-4-13(20)14(21)6-10/h1,3-7,9,15H,2,8H2,(H,26,28). The average molecular weight is 418 g/mol. The molecule has 0 radical (unpaired) electrons. The largest absolute Gasteiger partial charge is 0.417 e. The van der Waals surface area contributed by atoms with Gasteiger partial charge in [0.2, 0.25) is 5.91 Å². The minimum atomic E-state index is -4.59. The van der Waals surface area contributed by atoms with Crippen molar-refractivity contribution in [3.8, 4) is 0 Å². The van der Waals surface area contributed by atoms with E-state index in [1.807, 2.05) is 0 Å². The smallest absolute Gasteiger partial charge is 0.350 e. The lowest BCUT2D eigenvalue weighted by Crippen LogP contribution is -2.42. The van der Waals surface area contributed by atoms with Crippen molar-refractivity contribution in [1.29, 1.82) is 0 Å². The first-order valence-corrected chi connectivity index (χ1v) is 8.44. The van der Waals surface area contributed by atoms with Gasteiger partial charge in [-0.1, -0.05) is 23.7 Å². The number of nitrogens with zero attached hydrogens (tertiary/aromatic N) is 2. The molecule has 10 heteroatoms. The van der Waals surface area contributed by atoms with Gasteiger partial charge in [0.1, 0.15) is 6.04 Å². The Bertz CT molecular complexity index is 932. The summed E-state index contributed by atoms with van der Waals surface area (Å²) in [6, 6.07) is 3.21. The van der Waals surface area contributed by atoms with Crippen LogP contribution in [0, 0.1) is 11.6 Å². The summed E-state index contributed by atoms with van der Waals surface area (Å²) in [5.74, 6) is -2.48. The molecule has 1 aromatic carbocycles. The van der Waals surface area contributed by atoms with Crippen LogP contribution in [0.4, 0.5) is 27.8 Å². The van der Waals surface area contributed by atoms with E-state index in [-0.39, 0.29) is 23.8 Å². The number of rotatable bonds is 4. The summed E-state index contributed by atoms with van der Waals surface area (Å²) >= 11 is 5.94. The highest BCUT2D eigenvalue weighted by Crippen LogP contribution is 2.35. The zero-order valence-corrected chi connectivity index (χ0v) is 14.9. The highest BCUT2D eigenvalue weighted by molar-refractivity contribution is 6.33. The minimum absolute atomic E-state index is 0.0105. The van der Waals surface area contributed by atoms with Crippen molar-refractivity contribution < 1.29 is 26.7 Å². The molecule has 28 heavy (non-hydrogen) atoms. The average Bonchev–Trinajstić information content (AvgIpc) is 3.11. The molecule has 0 saturated carbocycles. The van der Waals surface area contributed by atoms with E-state index in [0.717, 1.165) is 18.2 Å². The molecule has 1 aliphatic rings. The van der Waals surface area contributed by atoms with Crippen LogP contribution in [0.3, 0.4) is 0 Å². The highest BCUT2D eigenvalue weighted by Gasteiger charge is 2.34. The third kappa shape index (κ3) is 4.24. The van der Waals surface area contributed by atoms with Gasteiger partial charge in [0.25, 0.3) is 0 Å². The lowest BCUT2D eigenvalue weighted by atomic mass is 10.1. The molecule has 0 aliphatic carbocycles. The molecule has 1 atom stereocenters. The van der Waals surface area contributed by atoms with Gasteiger partial charge < -0.3 is 10.2 Å². The maximum Gasteiger partial charge on any atom is 0.417 e. The van der Waals surface area contributed by atoms with E-state index in [4.69, 9.17) is 11.6 Å². The monoisotopic (exact) mass is 417 g/mol. The summed E-state index contributed by atoms with van der Waals surface area (Å²) in [5.41, 5.74) is -0.640. The van der Waals surface area contributed by atoms with Crippen LogP contribution < -0.4 is 10.2 Å². The summed E-state index contributed by atoms with van der Waals surface area (Å²) in [7, 11) is 0. The summed E-state index contributed by atoms with van der Waals surface area (Å²) in [5, 5.41) is 2.33. The van der Waals surface area contributed by atoms with Crippen molar-refractivity contribution in [2.75, 3.05) is 4.90 Å². The number of hydrogen-bond donors (Lipinski definition) is 1. The van der Waals surface area contributed by atoms with Gasteiger partial charge >= 0.3 is 6.18 Å². The molecule has 1 unspecified atom stereocenters. The Morgan fingerprint density at radius 1 is 1.25 bits per heavy atom. The number of alkyl halides is 3. The van der Waals surface area contributed by atoms with Crippen molar-refractivity contribution in [3.63, 3.8) is 0 Å². The Balaban J connectivity index is 1.72. The van der Waals surface area contributed by atoms with E-state index in [0.29, 0.717) is 11.8 Å². The predicted octanol–water partition coefficient (Wildman–Crippen LogP) is 4.44. The topological polar surface area (TPSA) is 45.2 Å². The van der Waals surface area contributed by atoms with Crippen LogP contribution in [0.25, 0.3) is 0 Å². The van der Waals surface area contributed by atoms with Crippen molar-refractivity contribution in [2.45, 2.75) is 25.2 Å². The zero-order chi connectivity index (χ0) is 20.5. The normalized spacial score (nSPS) is 16.5. The van der Waals surface area contributed by atoms with E-state index < -0.39 is 35.3 Å². The molecule has 0 spiro atoms. The molecule has 1 aromatic heterocycles. The molecular weight excluding hydrogens is 405 g/mol. The fourth-order valence-corrected chi connectivity index (χ4v) is 2.97. The lowest BCUT2D eigenvalue weighted by molar-refractivity contribution is -0.137. The van der Waals surface area contributed by atoms with Gasteiger partial charge in [-0.25, -0.2) is 13.8 Å². The summed E-state index contributed by atoms with van der Waals surface area (Å²) < 4.78 is 64.5. The first kappa shape index (κ1) is 20.1. The van der Waals surface area contributed by atoms with Gasteiger partial charge in [-0.2, -0.15) is 13.2 Å². The molecule has 148 valence electrons. The molecule has 2 heterocycles. The van der Waals surface area contributed by atoms with E-state index in [1.54, 1.807) is 6.08 Å². The van der Waals surface area contributed by atoms with Gasteiger partial charge in [-0.15, -0.1) is 0 Å². The van der Waals surface area contributed by atoms with Crippen LogP contribution in [0.2, 0.25) is 5.02 Å². The van der Waals surface area contributed by atoms with Crippen LogP contribution in [-0.4, -0.2) is 16.9 Å². The molecule has 3 rings (SSSR count). The van der Waals surface area contributed by atoms with Gasteiger partial charge in [-0.05, 0) is 30.2 Å². The van der Waals surface area contributed by atoms with Crippen LogP contribution in [-0.2, 0) is 17.5 Å². The second-order valence-electron chi connectivity index (χ2n) is 6.04.